The summed E-state index contributed by atoms with van der Waals surface area (Å²) in [5, 5.41) is 2.27. The van der Waals surface area contributed by atoms with Crippen molar-refractivity contribution < 1.29 is 14.3 Å². The molecule has 4 nitrogen and oxygen atoms in total. The van der Waals surface area contributed by atoms with E-state index in [4.69, 9.17) is 4.74 Å². The summed E-state index contributed by atoms with van der Waals surface area (Å²) in [4.78, 5) is 24.2. The molecule has 0 N–H and O–H groups in total. The highest BCUT2D eigenvalue weighted by atomic mass is 16.6. The van der Waals surface area contributed by atoms with Gasteiger partial charge in [-0.2, -0.15) is 0 Å². The Morgan fingerprint density at radius 1 is 1.15 bits per heavy atom. The van der Waals surface area contributed by atoms with E-state index in [-0.39, 0.29) is 12.5 Å². The first-order valence-corrected chi connectivity index (χ1v) is 6.39. The Labute approximate surface area is 116 Å². The quantitative estimate of drug-likeness (QED) is 0.786. The lowest BCUT2D eigenvalue weighted by Gasteiger charge is -2.06. The molecule has 0 radical (unpaired) electrons. The van der Waals surface area contributed by atoms with Gasteiger partial charge in [-0.05, 0) is 28.5 Å². The maximum atomic E-state index is 11.8. The Balaban J connectivity index is 1.80. The van der Waals surface area contributed by atoms with Gasteiger partial charge in [0.1, 0.15) is 6.61 Å². The van der Waals surface area contributed by atoms with Gasteiger partial charge in [0.15, 0.2) is 0 Å². The highest BCUT2D eigenvalue weighted by Gasteiger charge is 2.26. The summed E-state index contributed by atoms with van der Waals surface area (Å²) < 4.78 is 4.73. The molecule has 4 heteroatoms. The first-order chi connectivity index (χ1) is 9.74. The van der Waals surface area contributed by atoms with Gasteiger partial charge in [-0.3, -0.25) is 4.79 Å². The van der Waals surface area contributed by atoms with E-state index < -0.39 is 6.09 Å². The van der Waals surface area contributed by atoms with Crippen molar-refractivity contribution in [1.29, 1.82) is 0 Å². The SMILES string of the molecule is O=C(C=Cc1ccc2ccccc2c1)N1CCOC1=O. The van der Waals surface area contributed by atoms with Crippen molar-refractivity contribution in [2.45, 2.75) is 0 Å². The largest absolute Gasteiger partial charge is 0.447 e. The number of cyclic esters (lactones) is 1. The number of carbonyl (C=O) groups excluding carboxylic acids is 2. The van der Waals surface area contributed by atoms with Crippen LogP contribution in [0.25, 0.3) is 16.8 Å². The number of ether oxygens (including phenoxy) is 1. The molecular formula is C16H13NO3. The predicted molar refractivity (Wildman–Crippen MR) is 76.0 cm³/mol. The van der Waals surface area contributed by atoms with Crippen LogP contribution in [0.1, 0.15) is 5.56 Å². The van der Waals surface area contributed by atoms with Gasteiger partial charge >= 0.3 is 6.09 Å². The van der Waals surface area contributed by atoms with E-state index >= 15 is 0 Å². The second-order valence-electron chi connectivity index (χ2n) is 4.54. The zero-order chi connectivity index (χ0) is 13.9. The molecule has 0 saturated carbocycles. The normalized spacial score (nSPS) is 15.0. The highest BCUT2D eigenvalue weighted by molar-refractivity contribution is 6.01. The molecule has 100 valence electrons. The van der Waals surface area contributed by atoms with Gasteiger partial charge in [-0.25, -0.2) is 9.69 Å². The molecule has 0 aliphatic carbocycles. The van der Waals surface area contributed by atoms with Gasteiger partial charge in [-0.1, -0.05) is 36.4 Å². The Hall–Kier alpha value is -2.62. The van der Waals surface area contributed by atoms with Crippen LogP contribution in [0.5, 0.6) is 0 Å². The van der Waals surface area contributed by atoms with E-state index in [1.54, 1.807) is 6.08 Å². The predicted octanol–water partition coefficient (Wildman–Crippen LogP) is 2.83. The van der Waals surface area contributed by atoms with Crippen molar-refractivity contribution in [1.82, 2.24) is 4.90 Å². The number of rotatable bonds is 2. The molecule has 0 atom stereocenters. The fourth-order valence-electron chi connectivity index (χ4n) is 2.16. The van der Waals surface area contributed by atoms with E-state index in [0.29, 0.717) is 6.54 Å². The molecule has 1 heterocycles. The number of amides is 2. The molecule has 0 bridgehead atoms. The van der Waals surface area contributed by atoms with Crippen molar-refractivity contribution in [3.05, 3.63) is 54.1 Å². The van der Waals surface area contributed by atoms with Gasteiger partial charge in [0.25, 0.3) is 5.91 Å². The number of hydrogen-bond acceptors (Lipinski definition) is 3. The molecule has 0 aromatic heterocycles. The molecule has 3 rings (SSSR count). The van der Waals surface area contributed by atoms with Crippen molar-refractivity contribution in [3.8, 4) is 0 Å². The van der Waals surface area contributed by atoms with Crippen LogP contribution in [-0.2, 0) is 9.53 Å². The zero-order valence-corrected chi connectivity index (χ0v) is 10.8. The number of carbonyl (C=O) groups is 2. The summed E-state index contributed by atoms with van der Waals surface area (Å²) >= 11 is 0. The molecule has 2 amide bonds. The van der Waals surface area contributed by atoms with E-state index in [0.717, 1.165) is 21.2 Å². The fourth-order valence-corrected chi connectivity index (χ4v) is 2.16. The van der Waals surface area contributed by atoms with Crippen LogP contribution in [0.4, 0.5) is 4.79 Å². The average Bonchev–Trinajstić information content (AvgIpc) is 2.91. The number of imide groups is 1. The summed E-state index contributed by atoms with van der Waals surface area (Å²) in [5.41, 5.74) is 0.921. The molecule has 2 aromatic carbocycles. The van der Waals surface area contributed by atoms with Crippen LogP contribution in [0, 0.1) is 0 Å². The van der Waals surface area contributed by atoms with Crippen LogP contribution < -0.4 is 0 Å². The maximum absolute atomic E-state index is 11.8. The molecule has 1 aliphatic rings. The van der Waals surface area contributed by atoms with Gasteiger partial charge in [0.05, 0.1) is 6.54 Å². The number of hydrogen-bond donors (Lipinski definition) is 0. The average molecular weight is 267 g/mol. The van der Waals surface area contributed by atoms with Gasteiger partial charge in [-0.15, -0.1) is 0 Å². The van der Waals surface area contributed by atoms with Crippen molar-refractivity contribution >= 4 is 28.8 Å². The molecule has 0 spiro atoms. The third kappa shape index (κ3) is 2.40. The molecule has 0 unspecified atom stereocenters. The van der Waals surface area contributed by atoms with E-state index in [9.17, 15) is 9.59 Å². The minimum absolute atomic E-state index is 0.272. The Bertz CT molecular complexity index is 706. The number of benzene rings is 2. The molecule has 1 saturated heterocycles. The van der Waals surface area contributed by atoms with Crippen molar-refractivity contribution in [2.75, 3.05) is 13.2 Å². The van der Waals surface area contributed by atoms with E-state index in [2.05, 4.69) is 0 Å². The Morgan fingerprint density at radius 2 is 1.95 bits per heavy atom. The van der Waals surface area contributed by atoms with Gasteiger partial charge < -0.3 is 4.74 Å². The zero-order valence-electron chi connectivity index (χ0n) is 10.8. The summed E-state index contributed by atoms with van der Waals surface area (Å²) in [6.07, 6.45) is 2.54. The number of nitrogens with zero attached hydrogens (tertiary/aromatic N) is 1. The molecule has 20 heavy (non-hydrogen) atoms. The molecular weight excluding hydrogens is 254 g/mol. The first kappa shape index (κ1) is 12.4. The van der Waals surface area contributed by atoms with Crippen LogP contribution in [-0.4, -0.2) is 30.1 Å². The summed E-state index contributed by atoms with van der Waals surface area (Å²) in [7, 11) is 0. The van der Waals surface area contributed by atoms with Crippen LogP contribution in [0.15, 0.2) is 48.5 Å². The third-order valence-corrected chi connectivity index (χ3v) is 3.22. The lowest BCUT2D eigenvalue weighted by molar-refractivity contribution is -0.122. The third-order valence-electron chi connectivity index (χ3n) is 3.22. The van der Waals surface area contributed by atoms with Crippen LogP contribution >= 0.6 is 0 Å². The second-order valence-corrected chi connectivity index (χ2v) is 4.54. The van der Waals surface area contributed by atoms with Crippen LogP contribution in [0.3, 0.4) is 0 Å². The van der Waals surface area contributed by atoms with E-state index in [1.807, 2.05) is 42.5 Å². The Kier molecular flexibility index (Phi) is 3.21. The molecule has 2 aromatic rings. The summed E-state index contributed by atoms with van der Waals surface area (Å²) in [6.45, 7) is 0.591. The van der Waals surface area contributed by atoms with E-state index in [1.165, 1.54) is 6.08 Å². The summed E-state index contributed by atoms with van der Waals surface area (Å²) in [5.74, 6) is -0.347. The highest BCUT2D eigenvalue weighted by Crippen LogP contribution is 2.16. The maximum Gasteiger partial charge on any atom is 0.416 e. The number of fused-ring (bicyclic) bond motifs is 1. The van der Waals surface area contributed by atoms with Gasteiger partial charge in [0.2, 0.25) is 0 Å². The topological polar surface area (TPSA) is 46.6 Å². The smallest absolute Gasteiger partial charge is 0.416 e. The van der Waals surface area contributed by atoms with Crippen LogP contribution in [0.2, 0.25) is 0 Å². The standard InChI is InChI=1S/C16H13NO3/c18-15(17-9-10-20-16(17)19)8-6-12-5-7-13-3-1-2-4-14(13)11-12/h1-8,11H,9-10H2. The second kappa shape index (κ2) is 5.17. The minimum atomic E-state index is -0.571. The summed E-state index contributed by atoms with van der Waals surface area (Å²) in [6, 6.07) is 14.0. The van der Waals surface area contributed by atoms with Gasteiger partial charge in [0, 0.05) is 6.08 Å². The fraction of sp³-hybridized carbons (Fsp3) is 0.125. The first-order valence-electron chi connectivity index (χ1n) is 6.39. The minimum Gasteiger partial charge on any atom is -0.447 e. The Morgan fingerprint density at radius 3 is 2.70 bits per heavy atom. The lowest BCUT2D eigenvalue weighted by Crippen LogP contribution is -2.29. The monoisotopic (exact) mass is 267 g/mol. The lowest BCUT2D eigenvalue weighted by atomic mass is 10.1. The molecule has 1 fully saturated rings. The molecule has 1 aliphatic heterocycles. The van der Waals surface area contributed by atoms with Crippen molar-refractivity contribution in [2.24, 2.45) is 0 Å². The van der Waals surface area contributed by atoms with Crippen molar-refractivity contribution in [3.63, 3.8) is 0 Å².